The van der Waals surface area contributed by atoms with Gasteiger partial charge in [-0.25, -0.2) is 9.36 Å². The number of phenolic OH excluding ortho intramolecular Hbond substituents is 2. The Bertz CT molecular complexity index is 2820. The maximum Gasteiger partial charge on any atom is 0.189 e. The van der Waals surface area contributed by atoms with Gasteiger partial charge in [-0.3, -0.25) is 9.59 Å². The second-order valence-electron chi connectivity index (χ2n) is 15.0. The fourth-order valence-corrected chi connectivity index (χ4v) is 7.63. The van der Waals surface area contributed by atoms with E-state index in [-0.39, 0.29) is 47.4 Å². The number of carbonyl (C=O) groups excluding carboxylic acids is 2. The van der Waals surface area contributed by atoms with E-state index in [9.17, 15) is 19.8 Å². The molecule has 0 aliphatic heterocycles. The Morgan fingerprint density at radius 3 is 1.40 bits per heavy atom. The number of rotatable bonds is 18. The fourth-order valence-electron chi connectivity index (χ4n) is 6.90. The molecule has 65 heavy (non-hydrogen) atoms. The summed E-state index contributed by atoms with van der Waals surface area (Å²) in [7, 11) is 0. The lowest BCUT2D eigenvalue weighted by atomic mass is 9.99. The van der Waals surface area contributed by atoms with Crippen LogP contribution in [0.4, 0.5) is 0 Å². The minimum absolute atomic E-state index is 0.131. The highest BCUT2D eigenvalue weighted by Gasteiger charge is 2.14. The number of hydrogen-bond acceptors (Lipinski definition) is 10. The van der Waals surface area contributed by atoms with E-state index in [0.717, 1.165) is 22.3 Å². The third kappa shape index (κ3) is 12.0. The second-order valence-corrected chi connectivity index (χ2v) is 16.8. The summed E-state index contributed by atoms with van der Waals surface area (Å²) in [6.45, 7) is 1.39. The summed E-state index contributed by atoms with van der Waals surface area (Å²) in [6.07, 6.45) is 10.3. The standard InChI is InChI=1S/C51H40Br2N6O6/c52-40-15-19-48(62)44(26-40)46(60)17-13-38-24-36(11-21-50(38)64-32-42-30-58(56-54-42)28-34-7-3-1-4-8-34)23-37-12-22-51(39(25-37)14-18-47(61)45-27-41(53)16-20-49(45)63)65-33-43-31-59(57-55-43)29-35-9-5-2-6-10-35/h1-22,24-27,30-31,62-63H,23,28-29,32-33H2/b17-13+,18-14+. The zero-order valence-corrected chi connectivity index (χ0v) is 37.8. The van der Waals surface area contributed by atoms with Gasteiger partial charge in [0.15, 0.2) is 11.6 Å². The molecule has 0 fully saturated rings. The van der Waals surface area contributed by atoms with Crippen LogP contribution in [0.2, 0.25) is 0 Å². The first-order valence-electron chi connectivity index (χ1n) is 20.4. The Kier molecular flexibility index (Phi) is 14.2. The van der Waals surface area contributed by atoms with Gasteiger partial charge in [-0.15, -0.1) is 10.2 Å². The number of aromatic nitrogens is 6. The molecule has 6 aromatic carbocycles. The smallest absolute Gasteiger partial charge is 0.189 e. The second kappa shape index (κ2) is 20.8. The quantitative estimate of drug-likeness (QED) is 0.0627. The van der Waals surface area contributed by atoms with E-state index in [2.05, 4.69) is 52.5 Å². The van der Waals surface area contributed by atoms with Crippen LogP contribution in [0, 0.1) is 0 Å². The number of ketones is 2. The lowest BCUT2D eigenvalue weighted by molar-refractivity contribution is 0.103. The van der Waals surface area contributed by atoms with Gasteiger partial charge in [0.2, 0.25) is 0 Å². The Hall–Kier alpha value is -7.42. The molecule has 324 valence electrons. The number of nitrogens with zero attached hydrogens (tertiary/aromatic N) is 6. The number of hydrogen-bond donors (Lipinski definition) is 2. The minimum atomic E-state index is -0.388. The molecule has 2 heterocycles. The van der Waals surface area contributed by atoms with E-state index in [0.29, 0.717) is 62.5 Å². The first-order valence-corrected chi connectivity index (χ1v) is 22.0. The summed E-state index contributed by atoms with van der Waals surface area (Å²) >= 11 is 6.76. The number of phenols is 2. The Labute approximate surface area is 391 Å². The summed E-state index contributed by atoms with van der Waals surface area (Å²) < 4.78 is 17.4. The Morgan fingerprint density at radius 1 is 0.538 bits per heavy atom. The molecule has 2 N–H and O–H groups in total. The van der Waals surface area contributed by atoms with Crippen molar-refractivity contribution in [2.45, 2.75) is 32.7 Å². The van der Waals surface area contributed by atoms with Crippen molar-refractivity contribution < 1.29 is 29.3 Å². The summed E-state index contributed by atoms with van der Waals surface area (Å²) in [5, 5.41) is 38.0. The molecule has 0 bridgehead atoms. The van der Waals surface area contributed by atoms with Crippen molar-refractivity contribution in [1.29, 1.82) is 0 Å². The molecule has 0 atom stereocenters. The average molecular weight is 993 g/mol. The highest BCUT2D eigenvalue weighted by Crippen LogP contribution is 2.30. The largest absolute Gasteiger partial charge is 0.507 e. The SMILES string of the molecule is O=C(/C=C/c1cc(Cc2ccc(OCc3cn(Cc4ccccc4)nn3)c(/C=C/C(=O)c3cc(Br)ccc3O)c2)ccc1OCc1cn(Cc2ccccc2)nn1)c1cc(Br)ccc1O. The van der Waals surface area contributed by atoms with Crippen LogP contribution in [0.15, 0.2) is 167 Å². The van der Waals surface area contributed by atoms with Crippen molar-refractivity contribution in [2.75, 3.05) is 0 Å². The number of aromatic hydroxyl groups is 2. The minimum Gasteiger partial charge on any atom is -0.507 e. The summed E-state index contributed by atoms with van der Waals surface area (Å²) in [4.78, 5) is 26.7. The van der Waals surface area contributed by atoms with Gasteiger partial charge in [-0.1, -0.05) is 115 Å². The van der Waals surface area contributed by atoms with Crippen LogP contribution in [0.3, 0.4) is 0 Å². The molecule has 14 heteroatoms. The third-order valence-corrected chi connectivity index (χ3v) is 11.1. The van der Waals surface area contributed by atoms with Gasteiger partial charge in [-0.2, -0.15) is 0 Å². The van der Waals surface area contributed by atoms with Crippen LogP contribution < -0.4 is 9.47 Å². The molecule has 8 rings (SSSR count). The summed E-state index contributed by atoms with van der Waals surface area (Å²) in [5.74, 6) is -0.0181. The molecule has 8 aromatic rings. The topological polar surface area (TPSA) is 154 Å². The number of benzene rings is 6. The highest BCUT2D eigenvalue weighted by molar-refractivity contribution is 9.10. The van der Waals surface area contributed by atoms with Crippen LogP contribution in [-0.2, 0) is 32.7 Å². The zero-order valence-electron chi connectivity index (χ0n) is 34.7. The number of allylic oxidation sites excluding steroid dienone is 2. The van der Waals surface area contributed by atoms with Crippen LogP contribution in [0.1, 0.15) is 65.5 Å². The molecule has 0 saturated heterocycles. The molecule has 0 aliphatic carbocycles. The molecule has 0 amide bonds. The number of halogens is 2. The number of carbonyl (C=O) groups is 2. The van der Waals surface area contributed by atoms with Crippen molar-refractivity contribution in [3.63, 3.8) is 0 Å². The van der Waals surface area contributed by atoms with Crippen LogP contribution in [-0.4, -0.2) is 51.8 Å². The van der Waals surface area contributed by atoms with Crippen molar-refractivity contribution in [3.05, 3.63) is 223 Å². The van der Waals surface area contributed by atoms with Gasteiger partial charge in [0, 0.05) is 20.1 Å². The lowest BCUT2D eigenvalue weighted by Crippen LogP contribution is -2.01. The van der Waals surface area contributed by atoms with Crippen molar-refractivity contribution >= 4 is 55.6 Å². The van der Waals surface area contributed by atoms with Gasteiger partial charge in [0.25, 0.3) is 0 Å². The first kappa shape index (κ1) is 44.2. The van der Waals surface area contributed by atoms with Gasteiger partial charge < -0.3 is 19.7 Å². The van der Waals surface area contributed by atoms with Crippen LogP contribution >= 0.6 is 31.9 Å². The lowest BCUT2D eigenvalue weighted by Gasteiger charge is -2.13. The predicted molar refractivity (Wildman–Crippen MR) is 254 cm³/mol. The normalized spacial score (nSPS) is 11.4. The third-order valence-electron chi connectivity index (χ3n) is 10.1. The van der Waals surface area contributed by atoms with E-state index in [1.54, 1.807) is 45.8 Å². The van der Waals surface area contributed by atoms with Crippen molar-refractivity contribution in [1.82, 2.24) is 30.0 Å². The Balaban J connectivity index is 1.05. The molecular weight excluding hydrogens is 952 g/mol. The zero-order chi connectivity index (χ0) is 45.1. The molecule has 12 nitrogen and oxygen atoms in total. The van der Waals surface area contributed by atoms with Gasteiger partial charge in [0.1, 0.15) is 47.6 Å². The van der Waals surface area contributed by atoms with E-state index in [4.69, 9.17) is 9.47 Å². The van der Waals surface area contributed by atoms with E-state index in [1.807, 2.05) is 109 Å². The van der Waals surface area contributed by atoms with Crippen molar-refractivity contribution in [3.8, 4) is 23.0 Å². The molecule has 0 radical (unpaired) electrons. The van der Waals surface area contributed by atoms with E-state index >= 15 is 0 Å². The van der Waals surface area contributed by atoms with Crippen LogP contribution in [0.25, 0.3) is 12.2 Å². The van der Waals surface area contributed by atoms with Gasteiger partial charge in [0.05, 0.1) is 36.6 Å². The first-order chi connectivity index (χ1) is 31.6. The van der Waals surface area contributed by atoms with E-state index in [1.165, 1.54) is 24.3 Å². The van der Waals surface area contributed by atoms with Gasteiger partial charge in [-0.05, 0) is 114 Å². The summed E-state index contributed by atoms with van der Waals surface area (Å²) in [5.41, 5.74) is 6.79. The maximum absolute atomic E-state index is 13.3. The monoisotopic (exact) mass is 990 g/mol. The number of ether oxygens (including phenoxy) is 2. The Morgan fingerprint density at radius 2 is 0.969 bits per heavy atom. The van der Waals surface area contributed by atoms with Crippen molar-refractivity contribution in [2.24, 2.45) is 0 Å². The molecule has 0 unspecified atom stereocenters. The summed E-state index contributed by atoms with van der Waals surface area (Å²) in [6, 6.07) is 40.7. The molecule has 0 spiro atoms. The van der Waals surface area contributed by atoms with Gasteiger partial charge >= 0.3 is 0 Å². The molecular formula is C51H40Br2N6O6. The van der Waals surface area contributed by atoms with Crippen LogP contribution in [0.5, 0.6) is 23.0 Å². The molecule has 0 aliphatic rings. The molecule has 2 aromatic heterocycles. The fraction of sp³-hybridized carbons (Fsp3) is 0.0980. The van der Waals surface area contributed by atoms with E-state index < -0.39 is 0 Å². The predicted octanol–water partition coefficient (Wildman–Crippen LogP) is 10.4. The highest BCUT2D eigenvalue weighted by atomic mass is 79.9. The maximum atomic E-state index is 13.3. The molecule has 0 saturated carbocycles. The average Bonchev–Trinajstić information content (AvgIpc) is 3.97.